The number of carbonyl (C=O) groups is 4. The van der Waals surface area contributed by atoms with Crippen LogP contribution in [-0.4, -0.2) is 110 Å². The Balaban J connectivity index is 0.841. The third-order valence-electron chi connectivity index (χ3n) is 15.9. The average molecular weight is 1010 g/mol. The number of aromatic nitrogens is 5. The first kappa shape index (κ1) is 47.3. The van der Waals surface area contributed by atoms with Gasteiger partial charge < -0.3 is 49.3 Å². The number of ether oxygens (including phenoxy) is 4. The summed E-state index contributed by atoms with van der Waals surface area (Å²) in [6, 6.07) is 13.7. The first-order valence-electron chi connectivity index (χ1n) is 25.7. The number of methoxy groups -OCH3 is 2. The van der Waals surface area contributed by atoms with E-state index in [1.807, 2.05) is 43.0 Å². The lowest BCUT2D eigenvalue weighted by molar-refractivity contribution is -0.138. The smallest absolute Gasteiger partial charge is 0.407 e. The molecule has 0 radical (unpaired) electrons. The number of benzene rings is 2. The van der Waals surface area contributed by atoms with E-state index in [-0.39, 0.29) is 41.3 Å². The van der Waals surface area contributed by atoms with E-state index in [1.54, 1.807) is 28.6 Å². The van der Waals surface area contributed by atoms with Crippen molar-refractivity contribution in [1.29, 1.82) is 0 Å². The van der Waals surface area contributed by atoms with Gasteiger partial charge in [-0.3, -0.25) is 14.2 Å². The van der Waals surface area contributed by atoms with Gasteiger partial charge in [-0.05, 0) is 124 Å². The average Bonchev–Trinajstić information content (AvgIpc) is 3.89. The minimum Gasteiger partial charge on any atom is -0.464 e. The van der Waals surface area contributed by atoms with Crippen molar-refractivity contribution in [2.45, 2.75) is 120 Å². The Morgan fingerprint density at radius 2 is 1.48 bits per heavy atom. The summed E-state index contributed by atoms with van der Waals surface area (Å²) < 4.78 is 41.9. The number of halogens is 1. The van der Waals surface area contributed by atoms with Crippen LogP contribution in [-0.2, 0) is 23.8 Å². The Labute approximate surface area is 425 Å². The van der Waals surface area contributed by atoms with E-state index in [2.05, 4.69) is 43.4 Å². The molecule has 4 amide bonds. The third-order valence-corrected chi connectivity index (χ3v) is 17.2. The molecule has 2 saturated carbocycles. The molecule has 73 heavy (non-hydrogen) atoms. The molecule has 4 aromatic heterocycles. The lowest BCUT2D eigenvalue weighted by Crippen LogP contribution is -2.54. The second-order valence-corrected chi connectivity index (χ2v) is 22.1. The van der Waals surface area contributed by atoms with E-state index in [0.29, 0.717) is 78.4 Å². The Morgan fingerprint density at radius 3 is 2.15 bits per heavy atom. The number of thiophene rings is 1. The fraction of sp³-hybridized carbons (Fsp3) is 0.481. The summed E-state index contributed by atoms with van der Waals surface area (Å²) in [6.45, 7) is 5.37. The number of aromatic amines is 2. The zero-order valence-corrected chi connectivity index (χ0v) is 42.2. The highest BCUT2D eigenvalue weighted by atomic mass is 32.1. The van der Waals surface area contributed by atoms with Crippen LogP contribution >= 0.6 is 11.3 Å². The van der Waals surface area contributed by atoms with E-state index in [4.69, 9.17) is 28.9 Å². The molecular formula is C54H60FN9O8S. The number of nitrogens with zero attached hydrogens (tertiary/aromatic N) is 5. The minimum absolute atomic E-state index is 0.0649. The molecule has 6 aliphatic rings. The fourth-order valence-corrected chi connectivity index (χ4v) is 13.0. The van der Waals surface area contributed by atoms with E-state index in [9.17, 15) is 19.2 Å². The lowest BCUT2D eigenvalue weighted by atomic mass is 9.86. The molecule has 1 spiro atoms. The van der Waals surface area contributed by atoms with Gasteiger partial charge in [0, 0.05) is 41.1 Å². The highest BCUT2D eigenvalue weighted by Gasteiger charge is 2.51. The molecule has 382 valence electrons. The molecule has 2 aliphatic carbocycles. The molecule has 2 aromatic carbocycles. The first-order valence-corrected chi connectivity index (χ1v) is 26.5. The van der Waals surface area contributed by atoms with E-state index in [0.717, 1.165) is 65.6 Å². The lowest BCUT2D eigenvalue weighted by Gasteiger charge is -2.37. The van der Waals surface area contributed by atoms with Crippen LogP contribution in [0.25, 0.3) is 44.7 Å². The van der Waals surface area contributed by atoms with E-state index in [1.165, 1.54) is 38.0 Å². The monoisotopic (exact) mass is 1010 g/mol. The Kier molecular flexibility index (Phi) is 12.1. The number of hydrogen-bond acceptors (Lipinski definition) is 11. The number of likely N-dealkylation sites (tertiary alicyclic amines) is 2. The van der Waals surface area contributed by atoms with Crippen molar-refractivity contribution in [2.75, 3.05) is 33.9 Å². The number of hydrogen-bond donors (Lipinski definition) is 4. The topological polar surface area (TPSA) is 198 Å². The van der Waals surface area contributed by atoms with E-state index >= 15 is 4.39 Å². The number of rotatable bonds is 12. The van der Waals surface area contributed by atoms with Gasteiger partial charge in [0.2, 0.25) is 18.0 Å². The predicted molar refractivity (Wildman–Crippen MR) is 269 cm³/mol. The standard InChI is InChI=1S/C54H60FN9O8S/c1-28(2)45(60-52(67)69-3)49(65)62-18-5-7-38(62)48-57-27-36(59-48)32-22-34(55)44-40-23-33-21-30(11-12-37(33)64(40)51(72-41(44)24-32)43-14-13-42(73-43)29-9-10-29)35-26-56-47(58-35)39-8-6-19-63(39)50(66)46(61-53(68)70-4)31-15-20-71-54(25-31)16-17-54/h11-14,21-24,26-29,31,38-39,45-46,51H,5-10,15-20,25H2,1-4H3,(H,56,58)(H,57,59)(H,60,67)(H,61,68)/t31?,38-,39-,45-,46-,51-/m0/s1. The van der Waals surface area contributed by atoms with Crippen LogP contribution in [0.1, 0.15) is 124 Å². The molecule has 6 atom stereocenters. The van der Waals surface area contributed by atoms with Crippen LogP contribution < -0.4 is 15.4 Å². The largest absolute Gasteiger partial charge is 0.464 e. The second kappa shape index (κ2) is 18.6. The number of carbonyl (C=O) groups excluding carboxylic acids is 4. The van der Waals surface area contributed by atoms with Gasteiger partial charge in [-0.15, -0.1) is 11.3 Å². The SMILES string of the molecule is COC(=O)N[C@H](C(=O)N1CCC[C@H]1c1ncc(-c2cc(F)c3c(c2)O[C@@H](c2ccc(C4CC4)s2)n2c-3cc3cc(-c4cnc([C@@H]5CCCN5C(=O)[C@@H](NC(=O)OC)C5CCOC6(CC6)C5)[nH]4)ccc32)[nH]1)C(C)C. The van der Waals surface area contributed by atoms with Crippen molar-refractivity contribution in [3.63, 3.8) is 0 Å². The van der Waals surface area contributed by atoms with Crippen molar-refractivity contribution in [3.8, 4) is 39.5 Å². The highest BCUT2D eigenvalue weighted by molar-refractivity contribution is 7.12. The van der Waals surface area contributed by atoms with Crippen LogP contribution in [0.5, 0.6) is 5.75 Å². The molecule has 12 rings (SSSR count). The molecular weight excluding hydrogens is 954 g/mol. The summed E-state index contributed by atoms with van der Waals surface area (Å²) in [5.41, 5.74) is 4.54. The van der Waals surface area contributed by atoms with E-state index < -0.39 is 36.3 Å². The van der Waals surface area contributed by atoms with Crippen molar-refractivity contribution >= 4 is 46.2 Å². The second-order valence-electron chi connectivity index (χ2n) is 21.0. The number of amides is 4. The molecule has 5 fully saturated rings. The molecule has 8 heterocycles. The van der Waals surface area contributed by atoms with Crippen molar-refractivity contribution in [2.24, 2.45) is 11.8 Å². The molecule has 4 N–H and O–H groups in total. The van der Waals surface area contributed by atoms with Gasteiger partial charge in [0.25, 0.3) is 0 Å². The van der Waals surface area contributed by atoms with Crippen molar-refractivity contribution in [3.05, 3.63) is 88.1 Å². The predicted octanol–water partition coefficient (Wildman–Crippen LogP) is 9.50. The van der Waals surface area contributed by atoms with Crippen LogP contribution in [0.15, 0.2) is 60.9 Å². The molecule has 6 aromatic rings. The molecule has 1 unspecified atom stereocenters. The highest BCUT2D eigenvalue weighted by Crippen LogP contribution is 2.51. The maximum atomic E-state index is 17.0. The summed E-state index contributed by atoms with van der Waals surface area (Å²) in [5.74, 6) is 1.18. The maximum absolute atomic E-state index is 17.0. The molecule has 0 bridgehead atoms. The van der Waals surface area contributed by atoms with Gasteiger partial charge >= 0.3 is 12.2 Å². The Morgan fingerprint density at radius 1 is 0.808 bits per heavy atom. The maximum Gasteiger partial charge on any atom is 0.407 e. The molecule has 3 saturated heterocycles. The van der Waals surface area contributed by atoms with Gasteiger partial charge in [0.05, 0.1) is 77.3 Å². The van der Waals surface area contributed by atoms with Gasteiger partial charge in [-0.25, -0.2) is 23.9 Å². The number of nitrogens with one attached hydrogen (secondary N) is 4. The number of alkyl carbamates (subject to hydrolysis) is 2. The van der Waals surface area contributed by atoms with Crippen LogP contribution in [0.2, 0.25) is 0 Å². The van der Waals surface area contributed by atoms with Crippen molar-refractivity contribution in [1.82, 2.24) is 44.9 Å². The number of imidazole rings is 2. The van der Waals surface area contributed by atoms with Gasteiger partial charge in [0.15, 0.2) is 0 Å². The minimum atomic E-state index is -0.770. The summed E-state index contributed by atoms with van der Waals surface area (Å²) in [5, 5.41) is 6.48. The van der Waals surface area contributed by atoms with Crippen LogP contribution in [0.4, 0.5) is 14.0 Å². The first-order chi connectivity index (χ1) is 35.4. The fourth-order valence-electron chi connectivity index (χ4n) is 11.8. The van der Waals surface area contributed by atoms with Gasteiger partial charge in [0.1, 0.15) is 35.3 Å². The van der Waals surface area contributed by atoms with Crippen molar-refractivity contribution < 1.29 is 42.5 Å². The molecule has 17 nitrogen and oxygen atoms in total. The summed E-state index contributed by atoms with van der Waals surface area (Å²) >= 11 is 1.73. The summed E-state index contributed by atoms with van der Waals surface area (Å²) in [7, 11) is 2.59. The quantitative estimate of drug-likeness (QED) is 0.0916. The summed E-state index contributed by atoms with van der Waals surface area (Å²) in [6.07, 6.45) is 10.3. The van der Waals surface area contributed by atoms with Gasteiger partial charge in [-0.2, -0.15) is 0 Å². The zero-order chi connectivity index (χ0) is 50.3. The number of fused-ring (bicyclic) bond motifs is 5. The van der Waals surface area contributed by atoms with Crippen LogP contribution in [0, 0.1) is 17.7 Å². The molecule has 4 aliphatic heterocycles. The summed E-state index contributed by atoms with van der Waals surface area (Å²) in [4.78, 5) is 75.5. The molecule has 19 heteroatoms. The van der Waals surface area contributed by atoms with Gasteiger partial charge in [-0.1, -0.05) is 19.9 Å². The Bertz CT molecular complexity index is 3130. The normalized spacial score (nSPS) is 22.7. The van der Waals surface area contributed by atoms with Crippen LogP contribution in [0.3, 0.4) is 0 Å². The number of H-pyrrole nitrogens is 2. The third kappa shape index (κ3) is 8.70. The zero-order valence-electron chi connectivity index (χ0n) is 41.4. The Hall–Kier alpha value is -6.73.